The molecule has 0 unspecified atom stereocenters. The molecule has 0 amide bonds. The van der Waals surface area contributed by atoms with E-state index in [1.807, 2.05) is 45.2 Å². The molecule has 0 aliphatic heterocycles. The van der Waals surface area contributed by atoms with E-state index in [2.05, 4.69) is 60.0 Å². The fraction of sp³-hybridized carbons (Fsp3) is 1.00. The van der Waals surface area contributed by atoms with E-state index in [4.69, 9.17) is 0 Å². The van der Waals surface area contributed by atoms with Gasteiger partial charge in [0.2, 0.25) is 9.03 Å². The van der Waals surface area contributed by atoms with Crippen LogP contribution in [-0.2, 0) is 8.27 Å². The molecule has 0 aromatic heterocycles. The predicted molar refractivity (Wildman–Crippen MR) is 80.4 cm³/mol. The third-order valence-corrected chi connectivity index (χ3v) is 18.8. The van der Waals surface area contributed by atoms with Crippen molar-refractivity contribution in [3.05, 3.63) is 0 Å². The van der Waals surface area contributed by atoms with Crippen molar-refractivity contribution in [3.8, 4) is 0 Å². The third-order valence-electron chi connectivity index (χ3n) is 0.579. The van der Waals surface area contributed by atoms with E-state index in [0.717, 1.165) is 0 Å². The minimum atomic E-state index is -3.13. The van der Waals surface area contributed by atoms with E-state index in [1.165, 1.54) is 0 Å². The molecule has 0 saturated heterocycles. The van der Waals surface area contributed by atoms with Crippen LogP contribution in [0.5, 0.6) is 0 Å². The molecule has 0 N–H and O–H groups in total. The zero-order valence-electron chi connectivity index (χ0n) is 4.19. The first kappa shape index (κ1) is 13.4. The lowest BCUT2D eigenvalue weighted by atomic mass is 11.0. The fourth-order valence-corrected chi connectivity index (χ4v) is 4.98. The van der Waals surface area contributed by atoms with E-state index < -0.39 is 9.03 Å². The normalized spacial score (nSPS) is 14.2. The summed E-state index contributed by atoms with van der Waals surface area (Å²) in [5.74, 6) is 0. The predicted octanol–water partition coefficient (Wildman–Crippen LogP) is 3.43. The van der Waals surface area contributed by atoms with Gasteiger partial charge in [-0.3, -0.25) is 0 Å². The van der Waals surface area contributed by atoms with Gasteiger partial charge in [0, 0.05) is 0 Å². The van der Waals surface area contributed by atoms with Crippen molar-refractivity contribution < 1.29 is 8.42 Å². The average Bonchev–Trinajstić information content (AvgIpc) is 1.62. The molecule has 0 fully saturated rings. The molecule has 0 aliphatic carbocycles. The summed E-state index contributed by atoms with van der Waals surface area (Å²) in [6, 6.07) is 0. The van der Waals surface area contributed by atoms with Crippen LogP contribution in [0.25, 0.3) is 0 Å². The van der Waals surface area contributed by atoms with Crippen molar-refractivity contribution in [1.82, 2.24) is 0 Å². The fourth-order valence-electron chi connectivity index (χ4n) is 0.106. The van der Waals surface area contributed by atoms with Gasteiger partial charge in [-0.25, -0.2) is 8.42 Å². The molecule has 0 aliphatic rings. The Morgan fingerprint density at radius 3 is 1.60 bits per heavy atom. The second-order valence-electron chi connectivity index (χ2n) is 1.30. The minimum Gasteiger partial charge on any atom is -0.215 e. The summed E-state index contributed by atoms with van der Waals surface area (Å²) in [7, 11) is -3.13. The first-order valence-electron chi connectivity index (χ1n) is 1.79. The molecule has 0 spiro atoms. The lowest BCUT2D eigenvalue weighted by Crippen LogP contribution is -2.26. The Hall–Kier alpha value is 3.35. The van der Waals surface area contributed by atoms with Crippen LogP contribution < -0.4 is 0 Å². The Labute approximate surface area is 122 Å². The maximum Gasteiger partial charge on any atom is 0.235 e. The van der Waals surface area contributed by atoms with Crippen molar-refractivity contribution in [2.24, 2.45) is 0 Å². The molecule has 10 heavy (non-hydrogen) atoms. The number of hydrogen-bond acceptors (Lipinski definition) is 2. The number of hydrogen-bond donors (Lipinski definition) is 0. The molecule has 0 rings (SSSR count). The lowest BCUT2D eigenvalue weighted by molar-refractivity contribution is 0.611. The summed E-state index contributed by atoms with van der Waals surface area (Å²) in [6.07, 6.45) is 0. The molecule has 0 atom stereocenters. The van der Waals surface area contributed by atoms with Crippen LogP contribution in [0.3, 0.4) is 0 Å². The van der Waals surface area contributed by atoms with Crippen molar-refractivity contribution in [2.45, 2.75) is 2.69 Å². The quantitative estimate of drug-likeness (QED) is 0.256. The molecule has 0 aromatic rings. The van der Waals surface area contributed by atoms with Gasteiger partial charge in [0.25, 0.3) is 0 Å². The van der Waals surface area contributed by atoms with E-state index >= 15 is 0 Å². The van der Waals surface area contributed by atoms with Crippen LogP contribution in [0.15, 0.2) is 0 Å². The van der Waals surface area contributed by atoms with Gasteiger partial charge in [0.15, 0.2) is 0 Å². The standard InChI is InChI=1S/C2HBrI4O2S/c3-10(8,9)2(6,7)1(4)5/h1H. The summed E-state index contributed by atoms with van der Waals surface area (Å²) in [4.78, 5) is 0. The number of alkyl halides is 4. The van der Waals surface area contributed by atoms with Crippen LogP contribution in [0, 0.1) is 0 Å². The Morgan fingerprint density at radius 2 is 1.60 bits per heavy atom. The Morgan fingerprint density at radius 1 is 1.30 bits per heavy atom. The van der Waals surface area contributed by atoms with Gasteiger partial charge in [-0.15, -0.1) is 0 Å². The van der Waals surface area contributed by atoms with E-state index in [1.54, 1.807) is 0 Å². The maximum atomic E-state index is 11.0. The first-order chi connectivity index (χ1) is 4.19. The molecule has 2 nitrogen and oxygen atoms in total. The summed E-state index contributed by atoms with van der Waals surface area (Å²) >= 11 is 10.6. The molecule has 8 heteroatoms. The molecular formula is C2HBrI4O2S. The van der Waals surface area contributed by atoms with Crippen LogP contribution in [-0.4, -0.2) is 11.1 Å². The van der Waals surface area contributed by atoms with Crippen LogP contribution in [0.2, 0.25) is 0 Å². The van der Waals surface area contributed by atoms with Crippen molar-refractivity contribution >= 4 is 113 Å². The molecule has 62 valence electrons. The monoisotopic (exact) mass is 676 g/mol. The smallest absolute Gasteiger partial charge is 0.215 e. The molecule has 0 saturated carbocycles. The van der Waals surface area contributed by atoms with Crippen molar-refractivity contribution in [2.75, 3.05) is 0 Å². The maximum absolute atomic E-state index is 11.0. The molecule has 0 aromatic carbocycles. The largest absolute Gasteiger partial charge is 0.235 e. The van der Waals surface area contributed by atoms with Crippen LogP contribution in [0.1, 0.15) is 0 Å². The van der Waals surface area contributed by atoms with Gasteiger partial charge in [0.05, 0.1) is 14.8 Å². The molecule has 0 radical (unpaired) electrons. The van der Waals surface area contributed by atoms with Gasteiger partial charge in [0.1, 0.15) is 1.93 Å². The Kier molecular flexibility index (Phi) is 6.31. The van der Waals surface area contributed by atoms with E-state index in [9.17, 15) is 8.42 Å². The lowest BCUT2D eigenvalue weighted by Gasteiger charge is -2.17. The van der Waals surface area contributed by atoms with Crippen molar-refractivity contribution in [1.29, 1.82) is 0 Å². The molecule has 0 heterocycles. The summed E-state index contributed by atoms with van der Waals surface area (Å²) < 4.78 is 21.2. The third kappa shape index (κ3) is 3.61. The topological polar surface area (TPSA) is 34.1 Å². The molecule has 0 bridgehead atoms. The van der Waals surface area contributed by atoms with E-state index in [0.29, 0.717) is 0 Å². The number of rotatable bonds is 2. The molecular weight excluding hydrogens is 676 g/mol. The second-order valence-corrected chi connectivity index (χ2v) is 17.2. The Balaban J connectivity index is 4.76. The zero-order valence-corrected chi connectivity index (χ0v) is 15.2. The summed E-state index contributed by atoms with van der Waals surface area (Å²) in [5.41, 5.74) is 0. The summed E-state index contributed by atoms with van der Waals surface area (Å²) in [6.45, 7) is 0. The van der Waals surface area contributed by atoms with Crippen molar-refractivity contribution in [3.63, 3.8) is 0 Å². The number of halogens is 5. The Bertz CT molecular complexity index is 209. The van der Waals surface area contributed by atoms with Gasteiger partial charge in [-0.1, -0.05) is 45.2 Å². The highest BCUT2D eigenvalue weighted by Crippen LogP contribution is 2.46. The average molecular weight is 677 g/mol. The van der Waals surface area contributed by atoms with Crippen LogP contribution in [0.4, 0.5) is 0 Å². The zero-order chi connectivity index (χ0) is 8.58. The van der Waals surface area contributed by atoms with Crippen LogP contribution >= 0.6 is 105 Å². The van der Waals surface area contributed by atoms with Gasteiger partial charge >= 0.3 is 0 Å². The highest BCUT2D eigenvalue weighted by Gasteiger charge is 2.42. The van der Waals surface area contributed by atoms with Gasteiger partial charge in [-0.2, -0.15) is 0 Å². The highest BCUT2D eigenvalue weighted by atomic mass is 127. The summed E-state index contributed by atoms with van der Waals surface area (Å²) in [5, 5.41) is 0. The second kappa shape index (κ2) is 4.72. The first-order valence-corrected chi connectivity index (χ1v) is 9.77. The minimum absolute atomic E-state index is 0.0354. The van der Waals surface area contributed by atoms with E-state index in [-0.39, 0.29) is 1.93 Å². The highest BCUT2D eigenvalue weighted by molar-refractivity contribution is 14.2. The SMILES string of the molecule is O=S(=O)(Br)C(I)(I)C(I)I. The van der Waals surface area contributed by atoms with Gasteiger partial charge < -0.3 is 0 Å². The van der Waals surface area contributed by atoms with Gasteiger partial charge in [-0.05, 0) is 45.2 Å².